The molecule has 0 saturated carbocycles. The maximum atomic E-state index is 11.2. The third kappa shape index (κ3) is 4.30. The molecule has 1 atom stereocenters. The first kappa shape index (κ1) is 15.0. The normalized spacial score (nSPS) is 19.8. The van der Waals surface area contributed by atoms with Gasteiger partial charge >= 0.3 is 0 Å². The summed E-state index contributed by atoms with van der Waals surface area (Å²) in [5, 5.41) is 9.24. The van der Waals surface area contributed by atoms with Crippen molar-refractivity contribution in [2.24, 2.45) is 11.8 Å². The second-order valence-corrected chi connectivity index (χ2v) is 5.49. The second kappa shape index (κ2) is 7.38. The number of hydrazine groups is 1. The Kier molecular flexibility index (Phi) is 5.52. The van der Waals surface area contributed by atoms with Gasteiger partial charge in [-0.25, -0.2) is 5.84 Å². The van der Waals surface area contributed by atoms with Gasteiger partial charge in [0.25, 0.3) is 0 Å². The molecule has 1 saturated heterocycles. The molecule has 0 spiro atoms. The number of nitrogens with two attached hydrogens (primary N) is 1. The number of rotatable bonds is 5. The fraction of sp³-hybridized carbons (Fsp3) is 0.533. The molecular weight excluding hydrogens is 254 g/mol. The Morgan fingerprint density at radius 3 is 2.70 bits per heavy atom. The van der Waals surface area contributed by atoms with Crippen molar-refractivity contribution >= 4 is 5.91 Å². The van der Waals surface area contributed by atoms with Crippen molar-refractivity contribution in [3.8, 4) is 0 Å². The summed E-state index contributed by atoms with van der Waals surface area (Å²) in [6.45, 7) is 3.24. The van der Waals surface area contributed by atoms with Crippen LogP contribution in [-0.4, -0.2) is 35.6 Å². The lowest BCUT2D eigenvalue weighted by atomic mass is 9.98. The molecule has 0 radical (unpaired) electrons. The van der Waals surface area contributed by atoms with Gasteiger partial charge in [-0.1, -0.05) is 24.3 Å². The van der Waals surface area contributed by atoms with Crippen LogP contribution >= 0.6 is 0 Å². The summed E-state index contributed by atoms with van der Waals surface area (Å²) >= 11 is 0. The van der Waals surface area contributed by atoms with Crippen LogP contribution in [-0.2, 0) is 17.8 Å². The molecule has 0 bridgehead atoms. The molecule has 1 unspecified atom stereocenters. The molecule has 0 aliphatic carbocycles. The molecule has 4 N–H and O–H groups in total. The van der Waals surface area contributed by atoms with E-state index >= 15 is 0 Å². The van der Waals surface area contributed by atoms with E-state index in [1.54, 1.807) is 0 Å². The number of hydrogen-bond donors (Lipinski definition) is 3. The molecule has 1 aromatic rings. The molecule has 5 heteroatoms. The number of benzene rings is 1. The number of amides is 1. The Labute approximate surface area is 119 Å². The smallest absolute Gasteiger partial charge is 0.238 e. The van der Waals surface area contributed by atoms with Crippen LogP contribution in [0, 0.1) is 5.92 Å². The van der Waals surface area contributed by atoms with E-state index in [9.17, 15) is 9.90 Å². The van der Waals surface area contributed by atoms with Crippen molar-refractivity contribution in [2.45, 2.75) is 25.8 Å². The second-order valence-electron chi connectivity index (χ2n) is 5.49. The van der Waals surface area contributed by atoms with Crippen LogP contribution in [0.4, 0.5) is 0 Å². The van der Waals surface area contributed by atoms with Crippen molar-refractivity contribution in [1.82, 2.24) is 10.3 Å². The van der Waals surface area contributed by atoms with Crippen molar-refractivity contribution in [1.29, 1.82) is 0 Å². The van der Waals surface area contributed by atoms with E-state index in [0.29, 0.717) is 12.3 Å². The van der Waals surface area contributed by atoms with Crippen LogP contribution in [0.25, 0.3) is 0 Å². The summed E-state index contributed by atoms with van der Waals surface area (Å²) in [5.74, 6) is 5.31. The van der Waals surface area contributed by atoms with E-state index in [4.69, 9.17) is 5.84 Å². The number of nitrogens with one attached hydrogen (secondary N) is 1. The Balaban J connectivity index is 1.88. The Bertz CT molecular complexity index is 433. The number of carbonyl (C=O) groups is 1. The van der Waals surface area contributed by atoms with Gasteiger partial charge in [-0.3, -0.25) is 15.1 Å². The Hall–Kier alpha value is -1.43. The predicted octanol–water partition coefficient (Wildman–Crippen LogP) is 0.423. The zero-order valence-corrected chi connectivity index (χ0v) is 11.7. The van der Waals surface area contributed by atoms with Crippen molar-refractivity contribution in [3.63, 3.8) is 0 Å². The van der Waals surface area contributed by atoms with Crippen LogP contribution in [0.3, 0.4) is 0 Å². The third-order valence-corrected chi connectivity index (χ3v) is 3.82. The van der Waals surface area contributed by atoms with Crippen LogP contribution in [0.2, 0.25) is 0 Å². The van der Waals surface area contributed by atoms with Gasteiger partial charge in [-0.15, -0.1) is 0 Å². The molecule has 5 nitrogen and oxygen atoms in total. The Morgan fingerprint density at radius 1 is 1.35 bits per heavy atom. The van der Waals surface area contributed by atoms with E-state index in [0.717, 1.165) is 38.0 Å². The largest absolute Gasteiger partial charge is 0.396 e. The maximum absolute atomic E-state index is 11.2. The number of likely N-dealkylation sites (tertiary alicyclic amines) is 1. The van der Waals surface area contributed by atoms with Gasteiger partial charge in [0.05, 0.1) is 6.42 Å². The average Bonchev–Trinajstić information content (AvgIpc) is 2.49. The highest BCUT2D eigenvalue weighted by Gasteiger charge is 2.18. The van der Waals surface area contributed by atoms with Crippen LogP contribution in [0.15, 0.2) is 24.3 Å². The number of nitrogens with zero attached hydrogens (tertiary/aromatic N) is 1. The van der Waals surface area contributed by atoms with Crippen LogP contribution < -0.4 is 11.3 Å². The van der Waals surface area contributed by atoms with Crippen molar-refractivity contribution in [2.75, 3.05) is 19.7 Å². The first-order valence-corrected chi connectivity index (χ1v) is 7.11. The summed E-state index contributed by atoms with van der Waals surface area (Å²) in [6.07, 6.45) is 2.59. The summed E-state index contributed by atoms with van der Waals surface area (Å²) in [6, 6.07) is 8.06. The minimum Gasteiger partial charge on any atom is -0.396 e. The van der Waals surface area contributed by atoms with Gasteiger partial charge in [0.2, 0.25) is 5.91 Å². The molecule has 2 rings (SSSR count). The number of aliphatic hydroxyl groups is 1. The van der Waals surface area contributed by atoms with E-state index in [-0.39, 0.29) is 12.5 Å². The maximum Gasteiger partial charge on any atom is 0.238 e. The third-order valence-electron chi connectivity index (χ3n) is 3.82. The first-order valence-electron chi connectivity index (χ1n) is 7.11. The number of carbonyl (C=O) groups excluding carboxylic acids is 1. The van der Waals surface area contributed by atoms with Crippen molar-refractivity contribution < 1.29 is 9.90 Å². The lowest BCUT2D eigenvalue weighted by Gasteiger charge is -2.31. The number of hydrogen-bond acceptors (Lipinski definition) is 4. The molecule has 1 aromatic carbocycles. The van der Waals surface area contributed by atoms with E-state index < -0.39 is 0 Å². The Morgan fingerprint density at radius 2 is 2.05 bits per heavy atom. The highest BCUT2D eigenvalue weighted by atomic mass is 16.3. The SMILES string of the molecule is NNC(=O)Cc1ccc(CN2CCCC(CO)C2)cc1. The molecule has 1 aliphatic heterocycles. The van der Waals surface area contributed by atoms with E-state index in [2.05, 4.69) is 22.5 Å². The molecule has 1 amide bonds. The highest BCUT2D eigenvalue weighted by Crippen LogP contribution is 2.18. The van der Waals surface area contributed by atoms with Gasteiger partial charge in [-0.2, -0.15) is 0 Å². The summed E-state index contributed by atoms with van der Waals surface area (Å²) < 4.78 is 0. The first-order chi connectivity index (χ1) is 9.71. The monoisotopic (exact) mass is 277 g/mol. The topological polar surface area (TPSA) is 78.6 Å². The van der Waals surface area contributed by atoms with Crippen LogP contribution in [0.1, 0.15) is 24.0 Å². The van der Waals surface area contributed by atoms with E-state index in [1.165, 1.54) is 5.56 Å². The van der Waals surface area contributed by atoms with Gasteiger partial charge in [0.1, 0.15) is 0 Å². The summed E-state index contributed by atoms with van der Waals surface area (Å²) in [7, 11) is 0. The zero-order chi connectivity index (χ0) is 14.4. The lowest BCUT2D eigenvalue weighted by Crippen LogP contribution is -2.36. The molecule has 20 heavy (non-hydrogen) atoms. The lowest BCUT2D eigenvalue weighted by molar-refractivity contribution is -0.120. The summed E-state index contributed by atoms with van der Waals surface area (Å²) in [5.41, 5.74) is 4.33. The van der Waals surface area contributed by atoms with Gasteiger partial charge in [-0.05, 0) is 36.4 Å². The van der Waals surface area contributed by atoms with Crippen molar-refractivity contribution in [3.05, 3.63) is 35.4 Å². The van der Waals surface area contributed by atoms with Gasteiger partial charge in [0.15, 0.2) is 0 Å². The summed E-state index contributed by atoms with van der Waals surface area (Å²) in [4.78, 5) is 13.6. The number of aliphatic hydroxyl groups excluding tert-OH is 1. The number of piperidine rings is 1. The van der Waals surface area contributed by atoms with Crippen LogP contribution in [0.5, 0.6) is 0 Å². The molecule has 1 aliphatic rings. The van der Waals surface area contributed by atoms with Gasteiger partial charge < -0.3 is 5.11 Å². The van der Waals surface area contributed by atoms with Gasteiger partial charge in [0, 0.05) is 19.7 Å². The fourth-order valence-electron chi connectivity index (χ4n) is 2.70. The quantitative estimate of drug-likeness (QED) is 0.414. The minimum atomic E-state index is -0.181. The molecule has 1 heterocycles. The highest BCUT2D eigenvalue weighted by molar-refractivity contribution is 5.77. The fourth-order valence-corrected chi connectivity index (χ4v) is 2.70. The molecule has 1 fully saturated rings. The predicted molar refractivity (Wildman–Crippen MR) is 77.6 cm³/mol. The molecule has 0 aromatic heterocycles. The minimum absolute atomic E-state index is 0.181. The van der Waals surface area contributed by atoms with E-state index in [1.807, 2.05) is 12.1 Å². The molecule has 110 valence electrons. The standard InChI is InChI=1S/C15H23N3O2/c16-17-15(20)8-12-3-5-13(6-4-12)9-18-7-1-2-14(10-18)11-19/h3-6,14,19H,1-2,7-11,16H2,(H,17,20). The average molecular weight is 277 g/mol. The zero-order valence-electron chi connectivity index (χ0n) is 11.7. The molecular formula is C15H23N3O2.